The highest BCUT2D eigenvalue weighted by atomic mass is 79.9. The zero-order valence-corrected chi connectivity index (χ0v) is 9.29. The number of hydrogen-bond donors (Lipinski definition) is 1. The van der Waals surface area contributed by atoms with Crippen molar-refractivity contribution in [3.8, 4) is 0 Å². The van der Waals surface area contributed by atoms with Gasteiger partial charge in [0, 0.05) is 4.83 Å². The van der Waals surface area contributed by atoms with Gasteiger partial charge >= 0.3 is 5.97 Å². The van der Waals surface area contributed by atoms with Crippen molar-refractivity contribution in [2.45, 2.75) is 37.1 Å². The number of ether oxygens (including phenoxy) is 1. The molecule has 1 aliphatic rings. The van der Waals surface area contributed by atoms with Crippen LogP contribution in [-0.4, -0.2) is 28.6 Å². The maximum Gasteiger partial charge on any atom is 0.335 e. The molecular weight excluding hydrogens is 236 g/mol. The van der Waals surface area contributed by atoms with Gasteiger partial charge in [0.2, 0.25) is 0 Å². The summed E-state index contributed by atoms with van der Waals surface area (Å²) in [7, 11) is 0. The number of rotatable bonds is 5. The van der Waals surface area contributed by atoms with E-state index >= 15 is 0 Å². The molecule has 1 aliphatic carbocycles. The molecule has 2 unspecified atom stereocenters. The minimum absolute atomic E-state index is 0.155. The van der Waals surface area contributed by atoms with Gasteiger partial charge in [-0.2, -0.15) is 0 Å². The molecule has 1 rings (SSSR count). The smallest absolute Gasteiger partial charge is 0.335 e. The molecule has 13 heavy (non-hydrogen) atoms. The molecule has 0 saturated heterocycles. The second kappa shape index (κ2) is 4.96. The lowest BCUT2D eigenvalue weighted by atomic mass is 10.2. The van der Waals surface area contributed by atoms with E-state index in [9.17, 15) is 9.90 Å². The van der Waals surface area contributed by atoms with Gasteiger partial charge in [0.15, 0.2) is 6.10 Å². The minimum atomic E-state index is -0.892. The van der Waals surface area contributed by atoms with E-state index in [0.717, 1.165) is 19.3 Å². The number of halogens is 1. The van der Waals surface area contributed by atoms with Crippen LogP contribution in [0.1, 0.15) is 26.2 Å². The fourth-order valence-corrected chi connectivity index (χ4v) is 1.11. The van der Waals surface area contributed by atoms with E-state index in [-0.39, 0.29) is 10.7 Å². The van der Waals surface area contributed by atoms with Gasteiger partial charge < -0.3 is 9.84 Å². The second-order valence-corrected chi connectivity index (χ2v) is 4.71. The highest BCUT2D eigenvalue weighted by molar-refractivity contribution is 9.09. The lowest BCUT2D eigenvalue weighted by Crippen LogP contribution is -2.27. The Bertz CT molecular complexity index is 180. The van der Waals surface area contributed by atoms with Crippen molar-refractivity contribution in [1.82, 2.24) is 0 Å². The van der Waals surface area contributed by atoms with Crippen LogP contribution in [0, 0.1) is 5.92 Å². The van der Waals surface area contributed by atoms with Crippen LogP contribution >= 0.6 is 15.9 Å². The maximum absolute atomic E-state index is 11.2. The predicted molar refractivity (Wildman–Crippen MR) is 52.7 cm³/mol. The molecule has 0 aliphatic heterocycles. The Morgan fingerprint density at radius 3 is 2.77 bits per heavy atom. The molecule has 0 radical (unpaired) electrons. The molecule has 1 N–H and O–H groups in total. The number of carbonyl (C=O) groups is 1. The number of esters is 1. The van der Waals surface area contributed by atoms with Crippen molar-refractivity contribution in [1.29, 1.82) is 0 Å². The standard InChI is InChI=1S/C9H15BrO3/c1-2-7(10)5-13-9(12)8(11)6-3-4-6/h6-8,11H,2-5H2,1H3. The van der Waals surface area contributed by atoms with Crippen molar-refractivity contribution in [3.05, 3.63) is 0 Å². The Morgan fingerprint density at radius 2 is 2.31 bits per heavy atom. The van der Waals surface area contributed by atoms with Crippen LogP contribution in [0.2, 0.25) is 0 Å². The van der Waals surface area contributed by atoms with Crippen LogP contribution in [-0.2, 0) is 9.53 Å². The van der Waals surface area contributed by atoms with Gasteiger partial charge in [0.1, 0.15) is 6.61 Å². The summed E-state index contributed by atoms with van der Waals surface area (Å²) in [6.07, 6.45) is 1.91. The number of aliphatic hydroxyl groups is 1. The third kappa shape index (κ3) is 3.65. The Balaban J connectivity index is 2.16. The Kier molecular flexibility index (Phi) is 4.19. The molecule has 0 spiro atoms. The number of hydrogen-bond acceptors (Lipinski definition) is 3. The van der Waals surface area contributed by atoms with E-state index in [0.29, 0.717) is 6.61 Å². The number of alkyl halides is 1. The van der Waals surface area contributed by atoms with E-state index in [1.807, 2.05) is 6.92 Å². The van der Waals surface area contributed by atoms with Gasteiger partial charge in [-0.3, -0.25) is 0 Å². The lowest BCUT2D eigenvalue weighted by molar-refractivity contribution is -0.154. The van der Waals surface area contributed by atoms with Crippen molar-refractivity contribution in [2.24, 2.45) is 5.92 Å². The summed E-state index contributed by atoms with van der Waals surface area (Å²) in [5, 5.41) is 9.35. The molecule has 0 aromatic rings. The average molecular weight is 251 g/mol. The summed E-state index contributed by atoms with van der Waals surface area (Å²) in [5.41, 5.74) is 0. The molecule has 0 aromatic heterocycles. The average Bonchev–Trinajstić information content (AvgIpc) is 2.95. The first kappa shape index (κ1) is 11.0. The largest absolute Gasteiger partial charge is 0.463 e. The molecule has 0 heterocycles. The van der Waals surface area contributed by atoms with E-state index in [1.54, 1.807) is 0 Å². The van der Waals surface area contributed by atoms with E-state index < -0.39 is 12.1 Å². The molecule has 1 fully saturated rings. The van der Waals surface area contributed by atoms with Crippen LogP contribution in [0.4, 0.5) is 0 Å². The van der Waals surface area contributed by atoms with Crippen LogP contribution in [0.25, 0.3) is 0 Å². The number of aliphatic hydroxyl groups excluding tert-OH is 1. The Hall–Kier alpha value is -0.0900. The molecule has 1 saturated carbocycles. The van der Waals surface area contributed by atoms with Gasteiger partial charge in [0.05, 0.1) is 0 Å². The zero-order chi connectivity index (χ0) is 9.84. The summed E-state index contributed by atoms with van der Waals surface area (Å²) in [4.78, 5) is 11.3. The fourth-order valence-electron chi connectivity index (χ4n) is 0.980. The quantitative estimate of drug-likeness (QED) is 0.594. The lowest BCUT2D eigenvalue weighted by Gasteiger charge is -2.11. The van der Waals surface area contributed by atoms with Crippen molar-refractivity contribution in [3.63, 3.8) is 0 Å². The Labute approximate surface area is 86.6 Å². The molecular formula is C9H15BrO3. The summed E-state index contributed by atoms with van der Waals surface area (Å²) in [6, 6.07) is 0. The molecule has 3 nitrogen and oxygen atoms in total. The molecule has 0 bridgehead atoms. The monoisotopic (exact) mass is 250 g/mol. The summed E-state index contributed by atoms with van der Waals surface area (Å²) >= 11 is 3.35. The summed E-state index contributed by atoms with van der Waals surface area (Å²) in [5.74, 6) is -0.316. The van der Waals surface area contributed by atoms with Crippen LogP contribution in [0.3, 0.4) is 0 Å². The van der Waals surface area contributed by atoms with E-state index in [1.165, 1.54) is 0 Å². The van der Waals surface area contributed by atoms with Crippen LogP contribution in [0.5, 0.6) is 0 Å². The summed E-state index contributed by atoms with van der Waals surface area (Å²) < 4.78 is 4.92. The van der Waals surface area contributed by atoms with Crippen molar-refractivity contribution >= 4 is 21.9 Å². The number of carbonyl (C=O) groups excluding carboxylic acids is 1. The first-order valence-electron chi connectivity index (χ1n) is 4.64. The van der Waals surface area contributed by atoms with Crippen molar-refractivity contribution < 1.29 is 14.6 Å². The molecule has 76 valence electrons. The van der Waals surface area contributed by atoms with Gasteiger partial charge in [0.25, 0.3) is 0 Å². The topological polar surface area (TPSA) is 46.5 Å². The first-order chi connectivity index (χ1) is 6.15. The third-order valence-corrected chi connectivity index (χ3v) is 3.07. The molecule has 0 amide bonds. The van der Waals surface area contributed by atoms with Crippen LogP contribution < -0.4 is 0 Å². The van der Waals surface area contributed by atoms with E-state index in [4.69, 9.17) is 4.74 Å². The van der Waals surface area contributed by atoms with E-state index in [2.05, 4.69) is 15.9 Å². The molecule has 0 aromatic carbocycles. The van der Waals surface area contributed by atoms with Gasteiger partial charge in [-0.15, -0.1) is 0 Å². The second-order valence-electron chi connectivity index (χ2n) is 3.42. The van der Waals surface area contributed by atoms with Gasteiger partial charge in [-0.05, 0) is 25.2 Å². The third-order valence-electron chi connectivity index (χ3n) is 2.16. The van der Waals surface area contributed by atoms with Crippen LogP contribution in [0.15, 0.2) is 0 Å². The normalized spacial score (nSPS) is 20.8. The van der Waals surface area contributed by atoms with Crippen molar-refractivity contribution in [2.75, 3.05) is 6.61 Å². The minimum Gasteiger partial charge on any atom is -0.463 e. The highest BCUT2D eigenvalue weighted by Gasteiger charge is 2.35. The maximum atomic E-state index is 11.2. The SMILES string of the molecule is CCC(Br)COC(=O)C(O)C1CC1. The molecule has 4 heteroatoms. The van der Waals surface area contributed by atoms with Gasteiger partial charge in [-0.1, -0.05) is 22.9 Å². The summed E-state index contributed by atoms with van der Waals surface area (Å²) in [6.45, 7) is 2.35. The zero-order valence-electron chi connectivity index (χ0n) is 7.70. The Morgan fingerprint density at radius 1 is 1.69 bits per heavy atom. The fraction of sp³-hybridized carbons (Fsp3) is 0.889. The van der Waals surface area contributed by atoms with Gasteiger partial charge in [-0.25, -0.2) is 4.79 Å². The predicted octanol–water partition coefficient (Wildman–Crippen LogP) is 1.47. The highest BCUT2D eigenvalue weighted by Crippen LogP contribution is 2.33. The first-order valence-corrected chi connectivity index (χ1v) is 5.55. The molecule has 2 atom stereocenters.